The summed E-state index contributed by atoms with van der Waals surface area (Å²) in [7, 11) is 0. The Bertz CT molecular complexity index is 581. The third kappa shape index (κ3) is 2.54. The number of rotatable bonds is 3. The second-order valence-electron chi connectivity index (χ2n) is 3.79. The minimum absolute atomic E-state index is 0.0456. The molecule has 18 heavy (non-hydrogen) atoms. The van der Waals surface area contributed by atoms with E-state index in [1.54, 1.807) is 23.9 Å². The second kappa shape index (κ2) is 5.23. The molecule has 0 spiro atoms. The number of hydrogen-bond donors (Lipinski definition) is 1. The number of anilines is 1. The van der Waals surface area contributed by atoms with Gasteiger partial charge in [-0.2, -0.15) is 0 Å². The molecule has 0 saturated carbocycles. The molecule has 0 bridgehead atoms. The Kier molecular flexibility index (Phi) is 3.67. The lowest BCUT2D eigenvalue weighted by atomic mass is 10.0. The molecule has 0 saturated heterocycles. The van der Waals surface area contributed by atoms with Crippen molar-refractivity contribution in [3.05, 3.63) is 59.4 Å². The molecule has 0 fully saturated rings. The summed E-state index contributed by atoms with van der Waals surface area (Å²) in [5.74, 6) is -0.775. The van der Waals surface area contributed by atoms with Gasteiger partial charge in [0.1, 0.15) is 5.82 Å². The summed E-state index contributed by atoms with van der Waals surface area (Å²) in [6.45, 7) is 0. The number of nitrogens with two attached hydrogens (primary N) is 1. The van der Waals surface area contributed by atoms with Crippen LogP contribution in [0.5, 0.6) is 0 Å². The van der Waals surface area contributed by atoms with Gasteiger partial charge in [-0.15, -0.1) is 11.8 Å². The van der Waals surface area contributed by atoms with Gasteiger partial charge >= 0.3 is 0 Å². The summed E-state index contributed by atoms with van der Waals surface area (Å²) in [6.07, 6.45) is 1.96. The van der Waals surface area contributed by atoms with Gasteiger partial charge in [-0.1, -0.05) is 0 Å². The van der Waals surface area contributed by atoms with Crippen LogP contribution in [0.25, 0.3) is 0 Å². The van der Waals surface area contributed by atoms with E-state index in [1.807, 2.05) is 18.4 Å². The van der Waals surface area contributed by atoms with E-state index in [9.17, 15) is 9.18 Å². The summed E-state index contributed by atoms with van der Waals surface area (Å²) in [6, 6.07) is 11.3. The van der Waals surface area contributed by atoms with Crippen LogP contribution in [0.4, 0.5) is 10.1 Å². The molecule has 0 heterocycles. The van der Waals surface area contributed by atoms with Gasteiger partial charge in [-0.25, -0.2) is 4.39 Å². The first-order valence-corrected chi connectivity index (χ1v) is 6.58. The van der Waals surface area contributed by atoms with E-state index in [2.05, 4.69) is 0 Å². The standard InChI is InChI=1S/C14H12FNOS/c1-18-11-5-2-9(3-6-11)14(17)10-4-7-13(16)12(15)8-10/h2-8H,16H2,1H3. The largest absolute Gasteiger partial charge is 0.396 e. The van der Waals surface area contributed by atoms with Crippen molar-refractivity contribution < 1.29 is 9.18 Å². The van der Waals surface area contributed by atoms with Gasteiger partial charge in [0, 0.05) is 16.0 Å². The molecule has 2 aromatic carbocycles. The average molecular weight is 261 g/mol. The summed E-state index contributed by atoms with van der Waals surface area (Å²) in [5, 5.41) is 0. The summed E-state index contributed by atoms with van der Waals surface area (Å²) in [4.78, 5) is 13.2. The number of carbonyl (C=O) groups is 1. The molecule has 0 aliphatic heterocycles. The minimum atomic E-state index is -0.568. The maximum absolute atomic E-state index is 13.3. The zero-order valence-corrected chi connectivity index (χ0v) is 10.6. The van der Waals surface area contributed by atoms with Crippen molar-refractivity contribution in [2.24, 2.45) is 0 Å². The van der Waals surface area contributed by atoms with Crippen LogP contribution in [0.1, 0.15) is 15.9 Å². The zero-order valence-electron chi connectivity index (χ0n) is 9.81. The Morgan fingerprint density at radius 2 is 1.72 bits per heavy atom. The summed E-state index contributed by atoms with van der Waals surface area (Å²) >= 11 is 1.60. The molecule has 0 radical (unpaired) electrons. The first-order valence-electron chi connectivity index (χ1n) is 5.35. The Morgan fingerprint density at radius 3 is 2.28 bits per heavy atom. The van der Waals surface area contributed by atoms with E-state index in [4.69, 9.17) is 5.73 Å². The van der Waals surface area contributed by atoms with Gasteiger partial charge in [0.2, 0.25) is 0 Å². The quantitative estimate of drug-likeness (QED) is 0.523. The molecule has 2 aromatic rings. The lowest BCUT2D eigenvalue weighted by Crippen LogP contribution is -2.02. The molecule has 0 aromatic heterocycles. The van der Waals surface area contributed by atoms with Crippen LogP contribution < -0.4 is 5.73 Å². The molecule has 0 amide bonds. The minimum Gasteiger partial charge on any atom is -0.396 e. The molecule has 0 aliphatic rings. The highest BCUT2D eigenvalue weighted by molar-refractivity contribution is 7.98. The molecule has 0 atom stereocenters. The molecule has 2 rings (SSSR count). The van der Waals surface area contributed by atoms with Crippen molar-refractivity contribution >= 4 is 23.2 Å². The number of benzene rings is 2. The fourth-order valence-corrected chi connectivity index (χ4v) is 1.99. The molecule has 2 nitrogen and oxygen atoms in total. The van der Waals surface area contributed by atoms with Crippen LogP contribution in [-0.4, -0.2) is 12.0 Å². The monoisotopic (exact) mass is 261 g/mol. The lowest BCUT2D eigenvalue weighted by molar-refractivity contribution is 0.103. The first-order chi connectivity index (χ1) is 8.61. The van der Waals surface area contributed by atoms with Crippen molar-refractivity contribution in [3.63, 3.8) is 0 Å². The number of halogens is 1. The number of carbonyl (C=O) groups excluding carboxylic acids is 1. The van der Waals surface area contributed by atoms with E-state index >= 15 is 0 Å². The van der Waals surface area contributed by atoms with Crippen molar-refractivity contribution in [2.45, 2.75) is 4.90 Å². The zero-order chi connectivity index (χ0) is 13.1. The summed E-state index contributed by atoms with van der Waals surface area (Å²) < 4.78 is 13.3. The molecular formula is C14H12FNOS. The Morgan fingerprint density at radius 1 is 1.11 bits per heavy atom. The smallest absolute Gasteiger partial charge is 0.193 e. The topological polar surface area (TPSA) is 43.1 Å². The normalized spacial score (nSPS) is 10.3. The van der Waals surface area contributed by atoms with Crippen molar-refractivity contribution in [1.82, 2.24) is 0 Å². The highest BCUT2D eigenvalue weighted by Gasteiger charge is 2.10. The van der Waals surface area contributed by atoms with E-state index in [1.165, 1.54) is 18.2 Å². The highest BCUT2D eigenvalue weighted by atomic mass is 32.2. The number of thioether (sulfide) groups is 1. The van der Waals surface area contributed by atoms with Crippen molar-refractivity contribution in [2.75, 3.05) is 12.0 Å². The Labute approximate surface area is 109 Å². The van der Waals surface area contributed by atoms with Crippen LogP contribution >= 0.6 is 11.8 Å². The van der Waals surface area contributed by atoms with Crippen LogP contribution in [0, 0.1) is 5.82 Å². The van der Waals surface area contributed by atoms with Gasteiger partial charge in [0.25, 0.3) is 0 Å². The van der Waals surface area contributed by atoms with E-state index in [0.717, 1.165) is 4.90 Å². The SMILES string of the molecule is CSc1ccc(C(=O)c2ccc(N)c(F)c2)cc1. The molecule has 4 heteroatoms. The Balaban J connectivity index is 2.32. The van der Waals surface area contributed by atoms with Gasteiger partial charge in [-0.3, -0.25) is 4.79 Å². The van der Waals surface area contributed by atoms with Crippen LogP contribution in [0.3, 0.4) is 0 Å². The lowest BCUT2D eigenvalue weighted by Gasteiger charge is -2.04. The highest BCUT2D eigenvalue weighted by Crippen LogP contribution is 2.19. The average Bonchev–Trinajstić information content (AvgIpc) is 2.41. The molecule has 2 N–H and O–H groups in total. The number of hydrogen-bond acceptors (Lipinski definition) is 3. The molecule has 0 unspecified atom stereocenters. The van der Waals surface area contributed by atoms with Gasteiger partial charge in [0.05, 0.1) is 5.69 Å². The maximum Gasteiger partial charge on any atom is 0.193 e. The van der Waals surface area contributed by atoms with Gasteiger partial charge in [-0.05, 0) is 48.7 Å². The van der Waals surface area contributed by atoms with Crippen molar-refractivity contribution in [3.8, 4) is 0 Å². The van der Waals surface area contributed by atoms with Crippen LogP contribution in [-0.2, 0) is 0 Å². The van der Waals surface area contributed by atoms with Crippen molar-refractivity contribution in [1.29, 1.82) is 0 Å². The second-order valence-corrected chi connectivity index (χ2v) is 4.67. The molecular weight excluding hydrogens is 249 g/mol. The van der Waals surface area contributed by atoms with E-state index in [-0.39, 0.29) is 11.5 Å². The third-order valence-electron chi connectivity index (χ3n) is 2.61. The third-order valence-corrected chi connectivity index (χ3v) is 3.36. The van der Waals surface area contributed by atoms with Gasteiger partial charge in [0.15, 0.2) is 5.78 Å². The molecule has 92 valence electrons. The Hall–Kier alpha value is -1.81. The predicted octanol–water partition coefficient (Wildman–Crippen LogP) is 3.36. The number of ketones is 1. The predicted molar refractivity (Wildman–Crippen MR) is 72.5 cm³/mol. The van der Waals surface area contributed by atoms with E-state index in [0.29, 0.717) is 11.1 Å². The fourth-order valence-electron chi connectivity index (χ4n) is 1.58. The fraction of sp³-hybridized carbons (Fsp3) is 0.0714. The number of nitrogen functional groups attached to an aromatic ring is 1. The van der Waals surface area contributed by atoms with E-state index < -0.39 is 5.82 Å². The van der Waals surface area contributed by atoms with Crippen LogP contribution in [0.15, 0.2) is 47.4 Å². The summed E-state index contributed by atoms with van der Waals surface area (Å²) in [5.41, 5.74) is 6.27. The molecule has 0 aliphatic carbocycles. The first kappa shape index (κ1) is 12.6. The van der Waals surface area contributed by atoms with Crippen LogP contribution in [0.2, 0.25) is 0 Å². The van der Waals surface area contributed by atoms with Gasteiger partial charge < -0.3 is 5.73 Å². The maximum atomic E-state index is 13.3.